The van der Waals surface area contributed by atoms with E-state index in [4.69, 9.17) is 4.84 Å². The van der Waals surface area contributed by atoms with Crippen molar-refractivity contribution in [2.45, 2.75) is 18.7 Å². The Morgan fingerprint density at radius 1 is 0.862 bits per heavy atom. The molecule has 2 aliphatic rings. The monoisotopic (exact) mass is 385 g/mol. The van der Waals surface area contributed by atoms with Crippen LogP contribution < -0.4 is 5.06 Å². The van der Waals surface area contributed by atoms with Gasteiger partial charge in [0.1, 0.15) is 5.92 Å². The number of nitrogens with zero attached hydrogens (tertiary/aromatic N) is 3. The number of likely N-dealkylation sites (tertiary alicyclic amines) is 1. The number of hydrogen-bond acceptors (Lipinski definition) is 5. The highest BCUT2D eigenvalue weighted by Gasteiger charge is 2.59. The minimum absolute atomic E-state index is 0.212. The van der Waals surface area contributed by atoms with E-state index >= 15 is 0 Å². The zero-order chi connectivity index (χ0) is 19.8. The summed E-state index contributed by atoms with van der Waals surface area (Å²) in [5.41, 5.74) is 2.55. The maximum absolute atomic E-state index is 13.3. The summed E-state index contributed by atoms with van der Waals surface area (Å²) in [5, 5.41) is 1.68. The van der Waals surface area contributed by atoms with Crippen LogP contribution in [-0.4, -0.2) is 27.8 Å². The minimum Gasteiger partial charge on any atom is -0.275 e. The molecule has 6 nitrogen and oxygen atoms in total. The number of anilines is 1. The number of carbonyl (C=O) groups is 2. The Balaban J connectivity index is 1.52. The Labute approximate surface area is 168 Å². The summed E-state index contributed by atoms with van der Waals surface area (Å²) in [7, 11) is 0. The van der Waals surface area contributed by atoms with E-state index in [9.17, 15) is 9.59 Å². The SMILES string of the molecule is O=C1[C@@H]2[C@H](ON(c3ccccc3)[C@@H]2c2cccnc2)C(=O)N1Cc1ccccc1. The number of aromatic nitrogens is 1. The number of para-hydroxylation sites is 1. The standard InChI is InChI=1S/C23H19N3O3/c27-22-19-20(17-10-7-13-24-14-17)26(18-11-5-2-6-12-18)29-21(19)23(28)25(22)15-16-8-3-1-4-9-16/h1-14,19-21H,15H2/t19-,20+,21-/m0/s1. The van der Waals surface area contributed by atoms with Gasteiger partial charge in [-0.2, -0.15) is 0 Å². The molecule has 0 unspecified atom stereocenters. The summed E-state index contributed by atoms with van der Waals surface area (Å²) in [5.74, 6) is -1.12. The van der Waals surface area contributed by atoms with Crippen LogP contribution in [0.3, 0.4) is 0 Å². The van der Waals surface area contributed by atoms with E-state index in [1.807, 2.05) is 72.8 Å². The van der Waals surface area contributed by atoms with Gasteiger partial charge in [-0.05, 0) is 29.3 Å². The molecule has 144 valence electrons. The third-order valence-electron chi connectivity index (χ3n) is 5.43. The van der Waals surface area contributed by atoms with Crippen LogP contribution in [0.25, 0.3) is 0 Å². The normalized spacial score (nSPS) is 23.5. The van der Waals surface area contributed by atoms with E-state index in [2.05, 4.69) is 4.98 Å². The van der Waals surface area contributed by atoms with Gasteiger partial charge in [0.25, 0.3) is 5.91 Å². The van der Waals surface area contributed by atoms with Gasteiger partial charge in [-0.1, -0.05) is 54.6 Å². The fourth-order valence-corrected chi connectivity index (χ4v) is 4.08. The Morgan fingerprint density at radius 2 is 1.59 bits per heavy atom. The van der Waals surface area contributed by atoms with Crippen molar-refractivity contribution in [2.24, 2.45) is 5.92 Å². The molecule has 2 fully saturated rings. The fourth-order valence-electron chi connectivity index (χ4n) is 4.08. The lowest BCUT2D eigenvalue weighted by molar-refractivity contribution is -0.143. The topological polar surface area (TPSA) is 62.7 Å². The van der Waals surface area contributed by atoms with Crippen molar-refractivity contribution in [2.75, 3.05) is 5.06 Å². The smallest absolute Gasteiger partial charge is 0.262 e. The number of fused-ring (bicyclic) bond motifs is 1. The van der Waals surface area contributed by atoms with E-state index in [0.717, 1.165) is 16.8 Å². The largest absolute Gasteiger partial charge is 0.275 e. The Bertz CT molecular complexity index is 1030. The molecule has 0 radical (unpaired) electrons. The molecule has 2 aromatic carbocycles. The van der Waals surface area contributed by atoms with Crippen LogP contribution in [-0.2, 0) is 21.0 Å². The minimum atomic E-state index is -0.836. The van der Waals surface area contributed by atoms with Gasteiger partial charge in [0.2, 0.25) is 5.91 Å². The predicted octanol–water partition coefficient (Wildman–Crippen LogP) is 3.13. The van der Waals surface area contributed by atoms with E-state index in [-0.39, 0.29) is 18.4 Å². The maximum atomic E-state index is 13.3. The number of amides is 2. The van der Waals surface area contributed by atoms with Crippen LogP contribution >= 0.6 is 0 Å². The van der Waals surface area contributed by atoms with Gasteiger partial charge in [0.05, 0.1) is 18.3 Å². The van der Waals surface area contributed by atoms with E-state index in [1.165, 1.54) is 4.90 Å². The second-order valence-corrected chi connectivity index (χ2v) is 7.19. The van der Waals surface area contributed by atoms with Gasteiger partial charge in [0.15, 0.2) is 6.10 Å². The van der Waals surface area contributed by atoms with Gasteiger partial charge in [0, 0.05) is 12.4 Å². The summed E-state index contributed by atoms with van der Waals surface area (Å²) in [6.07, 6.45) is 2.58. The average molecular weight is 385 g/mol. The molecule has 5 rings (SSSR count). The number of benzene rings is 2. The molecule has 2 aliphatic heterocycles. The third kappa shape index (κ3) is 2.98. The van der Waals surface area contributed by atoms with Crippen LogP contribution in [0.1, 0.15) is 17.2 Å². The highest BCUT2D eigenvalue weighted by Crippen LogP contribution is 2.46. The second kappa shape index (κ2) is 7.14. The van der Waals surface area contributed by atoms with Crippen LogP contribution in [0.15, 0.2) is 85.2 Å². The fraction of sp³-hybridized carbons (Fsp3) is 0.174. The zero-order valence-corrected chi connectivity index (χ0v) is 15.6. The van der Waals surface area contributed by atoms with Crippen molar-refractivity contribution >= 4 is 17.5 Å². The number of hydroxylamine groups is 1. The average Bonchev–Trinajstić information content (AvgIpc) is 3.28. The van der Waals surface area contributed by atoms with Gasteiger partial charge < -0.3 is 0 Å². The van der Waals surface area contributed by atoms with Crippen molar-refractivity contribution < 1.29 is 14.4 Å². The number of rotatable bonds is 4. The van der Waals surface area contributed by atoms with Gasteiger partial charge in [-0.3, -0.25) is 24.3 Å². The van der Waals surface area contributed by atoms with Crippen molar-refractivity contribution in [3.05, 3.63) is 96.3 Å². The van der Waals surface area contributed by atoms with Crippen molar-refractivity contribution in [1.82, 2.24) is 9.88 Å². The lowest BCUT2D eigenvalue weighted by atomic mass is 9.91. The van der Waals surface area contributed by atoms with Crippen LogP contribution in [0, 0.1) is 5.92 Å². The number of imide groups is 1. The molecule has 3 heterocycles. The zero-order valence-electron chi connectivity index (χ0n) is 15.6. The Kier molecular flexibility index (Phi) is 4.33. The van der Waals surface area contributed by atoms with Gasteiger partial charge in [-0.25, -0.2) is 5.06 Å². The molecule has 0 saturated carbocycles. The first-order chi connectivity index (χ1) is 14.2. The maximum Gasteiger partial charge on any atom is 0.262 e. The molecule has 0 N–H and O–H groups in total. The second-order valence-electron chi connectivity index (χ2n) is 7.19. The number of hydrogen-bond donors (Lipinski definition) is 0. The molecule has 3 aromatic rings. The first kappa shape index (κ1) is 17.6. The highest BCUT2D eigenvalue weighted by molar-refractivity contribution is 6.07. The van der Waals surface area contributed by atoms with Crippen LogP contribution in [0.4, 0.5) is 5.69 Å². The van der Waals surface area contributed by atoms with E-state index < -0.39 is 18.1 Å². The van der Waals surface area contributed by atoms with Crippen molar-refractivity contribution in [3.63, 3.8) is 0 Å². The van der Waals surface area contributed by atoms with Crippen LogP contribution in [0.5, 0.6) is 0 Å². The Morgan fingerprint density at radius 3 is 2.28 bits per heavy atom. The highest BCUT2D eigenvalue weighted by atomic mass is 16.7. The lowest BCUT2D eigenvalue weighted by Gasteiger charge is -2.28. The molecule has 3 atom stereocenters. The summed E-state index contributed by atoms with van der Waals surface area (Å²) < 4.78 is 0. The third-order valence-corrected chi connectivity index (χ3v) is 5.43. The summed E-state index contributed by atoms with van der Waals surface area (Å²) in [4.78, 5) is 38.0. The molecule has 1 aromatic heterocycles. The molecular formula is C23H19N3O3. The lowest BCUT2D eigenvalue weighted by Crippen LogP contribution is -2.36. The molecule has 6 heteroatoms. The molecule has 2 saturated heterocycles. The van der Waals surface area contributed by atoms with Gasteiger partial charge >= 0.3 is 0 Å². The quantitative estimate of drug-likeness (QED) is 0.646. The molecular weight excluding hydrogens is 366 g/mol. The van der Waals surface area contributed by atoms with E-state index in [1.54, 1.807) is 17.5 Å². The number of pyridine rings is 1. The van der Waals surface area contributed by atoms with Gasteiger partial charge in [-0.15, -0.1) is 0 Å². The molecule has 2 amide bonds. The molecule has 0 bridgehead atoms. The van der Waals surface area contributed by atoms with Crippen LogP contribution in [0.2, 0.25) is 0 Å². The number of carbonyl (C=O) groups excluding carboxylic acids is 2. The summed E-state index contributed by atoms with van der Waals surface area (Å²) in [6, 6.07) is 22.4. The molecule has 0 aliphatic carbocycles. The first-order valence-corrected chi connectivity index (χ1v) is 9.54. The first-order valence-electron chi connectivity index (χ1n) is 9.54. The molecule has 29 heavy (non-hydrogen) atoms. The van der Waals surface area contributed by atoms with E-state index in [0.29, 0.717) is 0 Å². The molecule has 0 spiro atoms. The Hall–Kier alpha value is -3.51. The summed E-state index contributed by atoms with van der Waals surface area (Å²) in [6.45, 7) is 0.250. The van der Waals surface area contributed by atoms with Crippen molar-refractivity contribution in [3.8, 4) is 0 Å². The van der Waals surface area contributed by atoms with Crippen molar-refractivity contribution in [1.29, 1.82) is 0 Å². The predicted molar refractivity (Wildman–Crippen MR) is 106 cm³/mol. The summed E-state index contributed by atoms with van der Waals surface area (Å²) >= 11 is 0.